The summed E-state index contributed by atoms with van der Waals surface area (Å²) in [5, 5.41) is 4.25. The van der Waals surface area contributed by atoms with Crippen LogP contribution in [0.15, 0.2) is 55.5 Å². The standard InChI is InChI=1S/C17H15N5O/c1-21-9-14(7-20-21)13-5-15(16-8-18-11-22(16)10-13)12-3-4-17(23-2)19-6-12/h3-11H,1-2H3. The number of imidazole rings is 1. The Morgan fingerprint density at radius 3 is 2.61 bits per heavy atom. The Bertz CT molecular complexity index is 968. The minimum atomic E-state index is 0.599. The van der Waals surface area contributed by atoms with Crippen molar-refractivity contribution in [1.29, 1.82) is 0 Å². The van der Waals surface area contributed by atoms with Crippen LogP contribution in [0.25, 0.3) is 27.8 Å². The van der Waals surface area contributed by atoms with Crippen LogP contribution in [-0.4, -0.2) is 31.3 Å². The van der Waals surface area contributed by atoms with Gasteiger partial charge in [0, 0.05) is 54.0 Å². The molecule has 0 bridgehead atoms. The van der Waals surface area contributed by atoms with Gasteiger partial charge in [-0.05, 0) is 12.1 Å². The lowest BCUT2D eigenvalue weighted by Crippen LogP contribution is -1.91. The topological polar surface area (TPSA) is 57.2 Å². The molecule has 6 heteroatoms. The average Bonchev–Trinajstić information content (AvgIpc) is 3.22. The second-order valence-electron chi connectivity index (χ2n) is 5.32. The van der Waals surface area contributed by atoms with E-state index < -0.39 is 0 Å². The highest BCUT2D eigenvalue weighted by molar-refractivity contribution is 5.83. The molecule has 4 rings (SSSR count). The maximum absolute atomic E-state index is 5.13. The second kappa shape index (κ2) is 5.24. The molecule has 0 aliphatic heterocycles. The molecule has 0 atom stereocenters. The van der Waals surface area contributed by atoms with E-state index in [-0.39, 0.29) is 0 Å². The van der Waals surface area contributed by atoms with Gasteiger partial charge < -0.3 is 9.14 Å². The molecule has 0 amide bonds. The molecule has 23 heavy (non-hydrogen) atoms. The lowest BCUT2D eigenvalue weighted by atomic mass is 10.0. The van der Waals surface area contributed by atoms with Crippen molar-refractivity contribution in [3.8, 4) is 28.1 Å². The van der Waals surface area contributed by atoms with Gasteiger partial charge in [-0.15, -0.1) is 0 Å². The van der Waals surface area contributed by atoms with Crippen molar-refractivity contribution in [2.24, 2.45) is 7.05 Å². The van der Waals surface area contributed by atoms with Crippen LogP contribution < -0.4 is 4.74 Å². The fourth-order valence-electron chi connectivity index (χ4n) is 2.65. The number of methoxy groups -OCH3 is 1. The zero-order chi connectivity index (χ0) is 15.8. The van der Waals surface area contributed by atoms with Gasteiger partial charge in [0.05, 0.1) is 31.3 Å². The molecular weight excluding hydrogens is 290 g/mol. The predicted molar refractivity (Wildman–Crippen MR) is 87.2 cm³/mol. The average molecular weight is 305 g/mol. The van der Waals surface area contributed by atoms with E-state index in [2.05, 4.69) is 27.3 Å². The Hall–Kier alpha value is -3.15. The number of rotatable bonds is 3. The van der Waals surface area contributed by atoms with E-state index in [1.807, 2.05) is 48.4 Å². The minimum absolute atomic E-state index is 0.599. The molecule has 0 N–H and O–H groups in total. The second-order valence-corrected chi connectivity index (χ2v) is 5.32. The van der Waals surface area contributed by atoms with E-state index in [9.17, 15) is 0 Å². The SMILES string of the molecule is COc1ccc(-c2cc(-c3cnn(C)c3)cn3cncc23)cn1. The van der Waals surface area contributed by atoms with Crippen molar-refractivity contribution in [2.75, 3.05) is 7.11 Å². The monoisotopic (exact) mass is 305 g/mol. The van der Waals surface area contributed by atoms with Crippen LogP contribution in [0.3, 0.4) is 0 Å². The smallest absolute Gasteiger partial charge is 0.212 e. The molecule has 0 aliphatic carbocycles. The third-order valence-corrected chi connectivity index (χ3v) is 3.81. The summed E-state index contributed by atoms with van der Waals surface area (Å²) in [6.07, 6.45) is 11.4. The third-order valence-electron chi connectivity index (χ3n) is 3.81. The van der Waals surface area contributed by atoms with E-state index in [4.69, 9.17) is 4.74 Å². The molecule has 114 valence electrons. The van der Waals surface area contributed by atoms with Gasteiger partial charge in [-0.1, -0.05) is 0 Å². The van der Waals surface area contributed by atoms with Crippen LogP contribution in [0.5, 0.6) is 5.88 Å². The van der Waals surface area contributed by atoms with Crippen LogP contribution in [0.2, 0.25) is 0 Å². The maximum Gasteiger partial charge on any atom is 0.212 e. The lowest BCUT2D eigenvalue weighted by molar-refractivity contribution is 0.398. The van der Waals surface area contributed by atoms with Gasteiger partial charge in [-0.25, -0.2) is 9.97 Å². The van der Waals surface area contributed by atoms with Gasteiger partial charge in [0.25, 0.3) is 0 Å². The summed E-state index contributed by atoms with van der Waals surface area (Å²) in [6.45, 7) is 0. The van der Waals surface area contributed by atoms with Crippen molar-refractivity contribution in [3.05, 3.63) is 55.5 Å². The van der Waals surface area contributed by atoms with Gasteiger partial charge in [0.15, 0.2) is 0 Å². The number of aromatic nitrogens is 5. The summed E-state index contributed by atoms with van der Waals surface area (Å²) >= 11 is 0. The fraction of sp³-hybridized carbons (Fsp3) is 0.118. The van der Waals surface area contributed by atoms with E-state index >= 15 is 0 Å². The first-order valence-electron chi connectivity index (χ1n) is 7.20. The van der Waals surface area contributed by atoms with Gasteiger partial charge >= 0.3 is 0 Å². The van der Waals surface area contributed by atoms with Crippen molar-refractivity contribution in [2.45, 2.75) is 0 Å². The van der Waals surface area contributed by atoms with Crippen molar-refractivity contribution in [3.63, 3.8) is 0 Å². The highest BCUT2D eigenvalue weighted by atomic mass is 16.5. The summed E-state index contributed by atoms with van der Waals surface area (Å²) < 4.78 is 8.94. The summed E-state index contributed by atoms with van der Waals surface area (Å²) in [7, 11) is 3.52. The van der Waals surface area contributed by atoms with Crippen LogP contribution >= 0.6 is 0 Å². The quantitative estimate of drug-likeness (QED) is 0.584. The Labute approximate surface area is 133 Å². The van der Waals surface area contributed by atoms with Crippen LogP contribution in [0.1, 0.15) is 0 Å². The normalized spacial score (nSPS) is 11.0. The van der Waals surface area contributed by atoms with E-state index in [1.54, 1.807) is 18.1 Å². The molecule has 0 unspecified atom stereocenters. The number of ether oxygens (including phenoxy) is 1. The van der Waals surface area contributed by atoms with Crippen molar-refractivity contribution < 1.29 is 4.74 Å². The predicted octanol–water partition coefficient (Wildman–Crippen LogP) is 2.81. The highest BCUT2D eigenvalue weighted by Crippen LogP contribution is 2.30. The first-order chi connectivity index (χ1) is 11.2. The number of nitrogens with zero attached hydrogens (tertiary/aromatic N) is 5. The zero-order valence-corrected chi connectivity index (χ0v) is 12.8. The molecule has 0 aliphatic rings. The molecule has 0 aromatic carbocycles. The van der Waals surface area contributed by atoms with Crippen LogP contribution in [-0.2, 0) is 7.05 Å². The van der Waals surface area contributed by atoms with Crippen LogP contribution in [0.4, 0.5) is 0 Å². The number of aryl methyl sites for hydroxylation is 1. The Morgan fingerprint density at radius 1 is 1.00 bits per heavy atom. The third kappa shape index (κ3) is 2.34. The van der Waals surface area contributed by atoms with Crippen LogP contribution in [0, 0.1) is 0 Å². The fourth-order valence-corrected chi connectivity index (χ4v) is 2.65. The van der Waals surface area contributed by atoms with Gasteiger partial charge in [0.1, 0.15) is 0 Å². The van der Waals surface area contributed by atoms with Gasteiger partial charge in [-0.2, -0.15) is 5.10 Å². The molecule has 4 aromatic heterocycles. The molecule has 6 nitrogen and oxygen atoms in total. The maximum atomic E-state index is 5.13. The largest absolute Gasteiger partial charge is 0.481 e. The molecule has 4 heterocycles. The summed E-state index contributed by atoms with van der Waals surface area (Å²) in [6, 6.07) is 6.00. The highest BCUT2D eigenvalue weighted by Gasteiger charge is 2.10. The Kier molecular flexibility index (Phi) is 3.08. The van der Waals surface area contributed by atoms with Gasteiger partial charge in [0.2, 0.25) is 5.88 Å². The number of fused-ring (bicyclic) bond motifs is 1. The summed E-state index contributed by atoms with van der Waals surface area (Å²) in [5.74, 6) is 0.599. The Morgan fingerprint density at radius 2 is 1.91 bits per heavy atom. The molecule has 0 radical (unpaired) electrons. The van der Waals surface area contributed by atoms with Crippen molar-refractivity contribution in [1.82, 2.24) is 24.1 Å². The first kappa shape index (κ1) is 13.5. The summed E-state index contributed by atoms with van der Waals surface area (Å²) in [5.41, 5.74) is 5.26. The summed E-state index contributed by atoms with van der Waals surface area (Å²) in [4.78, 5) is 8.56. The molecule has 4 aromatic rings. The van der Waals surface area contributed by atoms with E-state index in [1.165, 1.54) is 0 Å². The number of hydrogen-bond acceptors (Lipinski definition) is 4. The van der Waals surface area contributed by atoms with Crippen molar-refractivity contribution >= 4 is 5.52 Å². The molecule has 0 saturated carbocycles. The molecule has 0 spiro atoms. The molecule has 0 fully saturated rings. The number of hydrogen-bond donors (Lipinski definition) is 0. The zero-order valence-electron chi connectivity index (χ0n) is 12.8. The first-order valence-corrected chi connectivity index (χ1v) is 7.20. The minimum Gasteiger partial charge on any atom is -0.481 e. The van der Waals surface area contributed by atoms with Gasteiger partial charge in [-0.3, -0.25) is 4.68 Å². The molecular formula is C17H15N5O. The lowest BCUT2D eigenvalue weighted by Gasteiger charge is -2.08. The van der Waals surface area contributed by atoms with E-state index in [0.717, 1.165) is 27.8 Å². The Balaban J connectivity index is 1.91. The molecule has 0 saturated heterocycles. The van der Waals surface area contributed by atoms with E-state index in [0.29, 0.717) is 5.88 Å². The number of pyridine rings is 2.